The van der Waals surface area contributed by atoms with Crippen LogP contribution in [0.15, 0.2) is 22.7 Å². The minimum atomic E-state index is -0.0822. The van der Waals surface area contributed by atoms with Crippen LogP contribution in [0.2, 0.25) is 0 Å². The minimum absolute atomic E-state index is 0.0443. The van der Waals surface area contributed by atoms with Gasteiger partial charge in [-0.15, -0.1) is 0 Å². The van der Waals surface area contributed by atoms with Gasteiger partial charge in [-0.3, -0.25) is 14.5 Å². The van der Waals surface area contributed by atoms with Gasteiger partial charge in [-0.1, -0.05) is 5.16 Å². The van der Waals surface area contributed by atoms with E-state index in [2.05, 4.69) is 20.4 Å². The maximum Gasteiger partial charge on any atom is 0.241 e. The van der Waals surface area contributed by atoms with Crippen LogP contribution in [0.3, 0.4) is 0 Å². The Labute approximate surface area is 193 Å². The van der Waals surface area contributed by atoms with Crippen LogP contribution in [-0.4, -0.2) is 78.7 Å². The highest BCUT2D eigenvalue weighted by atomic mass is 16.5. The van der Waals surface area contributed by atoms with Gasteiger partial charge in [-0.25, -0.2) is 0 Å². The van der Waals surface area contributed by atoms with Gasteiger partial charge >= 0.3 is 0 Å². The van der Waals surface area contributed by atoms with E-state index in [0.29, 0.717) is 55.8 Å². The molecule has 2 aliphatic rings. The fourth-order valence-corrected chi connectivity index (χ4v) is 4.41. The lowest BCUT2D eigenvalue weighted by atomic mass is 9.97. The van der Waals surface area contributed by atoms with Crippen LogP contribution in [0.1, 0.15) is 31.6 Å². The zero-order chi connectivity index (χ0) is 23.2. The summed E-state index contributed by atoms with van der Waals surface area (Å²) in [6.45, 7) is 3.89. The SMILES string of the molecule is COc1ccc(-c2noc(CN3CCCC(C(=O)NCCN4CCCC4=O)C3)n2)cc1OC. The standard InChI is InChI=1S/C23H31N5O5/c1-31-18-8-7-16(13-19(18)32-2)22-25-20(33-26-22)15-27-10-3-5-17(14-27)23(30)24-9-12-28-11-4-6-21(28)29/h7-8,13,17H,3-6,9-12,14-15H2,1-2H3,(H,24,30). The fraction of sp³-hybridized carbons (Fsp3) is 0.565. The highest BCUT2D eigenvalue weighted by molar-refractivity contribution is 5.79. The first-order valence-electron chi connectivity index (χ1n) is 11.4. The Morgan fingerprint density at radius 1 is 1.21 bits per heavy atom. The molecule has 10 heteroatoms. The molecule has 0 aliphatic carbocycles. The van der Waals surface area contributed by atoms with E-state index < -0.39 is 0 Å². The Morgan fingerprint density at radius 2 is 2.06 bits per heavy atom. The van der Waals surface area contributed by atoms with Crippen molar-refractivity contribution in [3.8, 4) is 22.9 Å². The number of nitrogens with zero attached hydrogens (tertiary/aromatic N) is 4. The van der Waals surface area contributed by atoms with Gasteiger partial charge in [0.05, 0.1) is 26.7 Å². The summed E-state index contributed by atoms with van der Waals surface area (Å²) >= 11 is 0. The Kier molecular flexibility index (Phi) is 7.43. The van der Waals surface area contributed by atoms with Crippen molar-refractivity contribution in [2.45, 2.75) is 32.2 Å². The predicted octanol–water partition coefficient (Wildman–Crippen LogP) is 1.70. The number of rotatable bonds is 9. The van der Waals surface area contributed by atoms with E-state index in [9.17, 15) is 9.59 Å². The van der Waals surface area contributed by atoms with Crippen molar-refractivity contribution in [1.82, 2.24) is 25.3 Å². The number of piperidine rings is 1. The first-order valence-corrected chi connectivity index (χ1v) is 11.4. The van der Waals surface area contributed by atoms with Crippen molar-refractivity contribution < 1.29 is 23.6 Å². The molecule has 0 radical (unpaired) electrons. The number of aromatic nitrogens is 2. The van der Waals surface area contributed by atoms with Crippen LogP contribution < -0.4 is 14.8 Å². The maximum absolute atomic E-state index is 12.6. The zero-order valence-corrected chi connectivity index (χ0v) is 19.2. The third-order valence-corrected chi connectivity index (χ3v) is 6.20. The van der Waals surface area contributed by atoms with Gasteiger partial charge in [0.2, 0.25) is 23.5 Å². The van der Waals surface area contributed by atoms with Crippen LogP contribution in [0.4, 0.5) is 0 Å². The maximum atomic E-state index is 12.6. The van der Waals surface area contributed by atoms with Gasteiger partial charge in [0.25, 0.3) is 0 Å². The number of carbonyl (C=O) groups is 2. The highest BCUT2D eigenvalue weighted by Crippen LogP contribution is 2.31. The van der Waals surface area contributed by atoms with E-state index in [0.717, 1.165) is 37.9 Å². The molecule has 0 bridgehead atoms. The quantitative estimate of drug-likeness (QED) is 0.606. The number of amides is 2. The molecular formula is C23H31N5O5. The van der Waals surface area contributed by atoms with E-state index >= 15 is 0 Å². The van der Waals surface area contributed by atoms with E-state index in [1.807, 2.05) is 17.0 Å². The van der Waals surface area contributed by atoms with Crippen molar-refractivity contribution in [2.24, 2.45) is 5.92 Å². The monoisotopic (exact) mass is 457 g/mol. The van der Waals surface area contributed by atoms with Gasteiger partial charge in [0, 0.05) is 38.2 Å². The van der Waals surface area contributed by atoms with E-state index in [-0.39, 0.29) is 17.7 Å². The molecule has 0 spiro atoms. The summed E-state index contributed by atoms with van der Waals surface area (Å²) in [5.74, 6) is 2.36. The predicted molar refractivity (Wildman–Crippen MR) is 120 cm³/mol. The molecule has 0 saturated carbocycles. The molecule has 4 rings (SSSR count). The van der Waals surface area contributed by atoms with Gasteiger partial charge in [0.1, 0.15) is 0 Å². The molecule has 3 heterocycles. The molecule has 2 saturated heterocycles. The van der Waals surface area contributed by atoms with Crippen LogP contribution in [0, 0.1) is 5.92 Å². The lowest BCUT2D eigenvalue weighted by molar-refractivity contribution is -0.129. The number of carbonyl (C=O) groups excluding carboxylic acids is 2. The Hall–Kier alpha value is -3.14. The molecule has 1 N–H and O–H groups in total. The van der Waals surface area contributed by atoms with E-state index in [4.69, 9.17) is 14.0 Å². The second kappa shape index (κ2) is 10.7. The largest absolute Gasteiger partial charge is 0.493 e. The summed E-state index contributed by atoms with van der Waals surface area (Å²) in [5.41, 5.74) is 0.773. The average molecular weight is 458 g/mol. The Bertz CT molecular complexity index is 978. The second-order valence-corrected chi connectivity index (χ2v) is 8.43. The molecule has 2 fully saturated rings. The topological polar surface area (TPSA) is 110 Å². The molecule has 2 amide bonds. The van der Waals surface area contributed by atoms with Crippen LogP contribution >= 0.6 is 0 Å². The minimum Gasteiger partial charge on any atom is -0.493 e. The first-order chi connectivity index (χ1) is 16.1. The molecule has 2 aromatic rings. The average Bonchev–Trinajstić information content (AvgIpc) is 3.47. The molecule has 10 nitrogen and oxygen atoms in total. The molecule has 1 aromatic heterocycles. The first kappa shape index (κ1) is 23.0. The van der Waals surface area contributed by atoms with Gasteiger partial charge in [-0.2, -0.15) is 4.98 Å². The molecule has 178 valence electrons. The molecular weight excluding hydrogens is 426 g/mol. The molecule has 1 atom stereocenters. The van der Waals surface area contributed by atoms with Gasteiger partial charge in [0.15, 0.2) is 11.5 Å². The Morgan fingerprint density at radius 3 is 2.82 bits per heavy atom. The number of benzene rings is 1. The van der Waals surface area contributed by atoms with Crippen LogP contribution in [0.5, 0.6) is 11.5 Å². The summed E-state index contributed by atoms with van der Waals surface area (Å²) in [6.07, 6.45) is 3.31. The third kappa shape index (κ3) is 5.62. The van der Waals surface area contributed by atoms with Crippen molar-refractivity contribution in [1.29, 1.82) is 0 Å². The number of methoxy groups -OCH3 is 2. The number of hydrogen-bond donors (Lipinski definition) is 1. The number of likely N-dealkylation sites (tertiary alicyclic amines) is 2. The summed E-state index contributed by atoms with van der Waals surface area (Å²) in [7, 11) is 3.17. The van der Waals surface area contributed by atoms with Crippen LogP contribution in [0.25, 0.3) is 11.4 Å². The fourth-order valence-electron chi connectivity index (χ4n) is 4.41. The van der Waals surface area contributed by atoms with E-state index in [1.165, 1.54) is 0 Å². The Balaban J connectivity index is 1.29. The highest BCUT2D eigenvalue weighted by Gasteiger charge is 2.27. The van der Waals surface area contributed by atoms with Crippen molar-refractivity contribution in [2.75, 3.05) is 46.9 Å². The van der Waals surface area contributed by atoms with Crippen LogP contribution in [-0.2, 0) is 16.1 Å². The summed E-state index contributed by atoms with van der Waals surface area (Å²) < 4.78 is 16.1. The normalized spacial score (nSPS) is 19.0. The molecule has 1 unspecified atom stereocenters. The lowest BCUT2D eigenvalue weighted by Crippen LogP contribution is -2.44. The second-order valence-electron chi connectivity index (χ2n) is 8.43. The zero-order valence-electron chi connectivity index (χ0n) is 19.2. The number of hydrogen-bond acceptors (Lipinski definition) is 8. The van der Waals surface area contributed by atoms with Crippen molar-refractivity contribution >= 4 is 11.8 Å². The molecule has 2 aliphatic heterocycles. The molecule has 1 aromatic carbocycles. The smallest absolute Gasteiger partial charge is 0.241 e. The van der Waals surface area contributed by atoms with Gasteiger partial charge < -0.3 is 24.2 Å². The van der Waals surface area contributed by atoms with Crippen molar-refractivity contribution in [3.05, 3.63) is 24.1 Å². The number of nitrogens with one attached hydrogen (secondary N) is 1. The molecule has 33 heavy (non-hydrogen) atoms. The van der Waals surface area contributed by atoms with Crippen molar-refractivity contribution in [3.63, 3.8) is 0 Å². The van der Waals surface area contributed by atoms with Gasteiger partial charge in [-0.05, 0) is 44.0 Å². The third-order valence-electron chi connectivity index (χ3n) is 6.20. The summed E-state index contributed by atoms with van der Waals surface area (Å²) in [6, 6.07) is 5.47. The lowest BCUT2D eigenvalue weighted by Gasteiger charge is -2.31. The summed E-state index contributed by atoms with van der Waals surface area (Å²) in [5, 5.41) is 7.10. The number of ether oxygens (including phenoxy) is 2. The van der Waals surface area contributed by atoms with E-state index in [1.54, 1.807) is 20.3 Å². The summed E-state index contributed by atoms with van der Waals surface area (Å²) in [4.78, 5) is 32.8.